The third-order valence-corrected chi connectivity index (χ3v) is 2.90. The van der Waals surface area contributed by atoms with Crippen molar-refractivity contribution in [2.24, 2.45) is 0 Å². The zero-order chi connectivity index (χ0) is 15.1. The van der Waals surface area contributed by atoms with Gasteiger partial charge in [0.25, 0.3) is 0 Å². The number of hydrogen-bond donors (Lipinski definition) is 1. The molecule has 3 heteroatoms. The first-order valence-electron chi connectivity index (χ1n) is 6.96. The molecule has 0 heterocycles. The summed E-state index contributed by atoms with van der Waals surface area (Å²) < 4.78 is 5.37. The van der Waals surface area contributed by atoms with E-state index >= 15 is 0 Å². The molecule has 1 N–H and O–H groups in total. The number of hydrogen-bond acceptors (Lipinski definition) is 2. The van der Waals surface area contributed by atoms with Crippen molar-refractivity contribution in [3.63, 3.8) is 0 Å². The Labute approximate surface area is 125 Å². The van der Waals surface area contributed by atoms with Crippen molar-refractivity contribution in [1.82, 2.24) is 0 Å². The predicted molar refractivity (Wildman–Crippen MR) is 86.5 cm³/mol. The minimum atomic E-state index is -0.144. The lowest BCUT2D eigenvalue weighted by molar-refractivity contribution is -0.111. The number of rotatable bonds is 5. The van der Waals surface area contributed by atoms with E-state index in [4.69, 9.17) is 4.74 Å². The Morgan fingerprint density at radius 1 is 1.19 bits per heavy atom. The van der Waals surface area contributed by atoms with Crippen LogP contribution >= 0.6 is 0 Å². The van der Waals surface area contributed by atoms with Gasteiger partial charge in [-0.25, -0.2) is 0 Å². The van der Waals surface area contributed by atoms with Gasteiger partial charge in [0.15, 0.2) is 0 Å². The maximum absolute atomic E-state index is 11.8. The maximum atomic E-state index is 11.8. The molecule has 21 heavy (non-hydrogen) atoms. The lowest BCUT2D eigenvalue weighted by atomic mass is 10.2. The van der Waals surface area contributed by atoms with Gasteiger partial charge in [-0.15, -0.1) is 0 Å². The van der Waals surface area contributed by atoms with Crippen LogP contribution in [0.15, 0.2) is 54.6 Å². The molecule has 0 aliphatic rings. The van der Waals surface area contributed by atoms with Gasteiger partial charge in [0.2, 0.25) is 5.91 Å². The third-order valence-electron chi connectivity index (χ3n) is 2.90. The van der Waals surface area contributed by atoms with E-state index < -0.39 is 0 Å². The molecule has 0 atom stereocenters. The summed E-state index contributed by atoms with van der Waals surface area (Å²) in [6.45, 7) is 4.59. The molecule has 2 aromatic rings. The standard InChI is InChI=1S/C18H19NO2/c1-3-21-17-10-7-15(8-11-17)9-12-18(20)19-16-6-4-5-14(2)13-16/h4-13H,3H2,1-2H3,(H,19,20)/b12-9+. The Morgan fingerprint density at radius 2 is 1.95 bits per heavy atom. The van der Waals surface area contributed by atoms with Crippen LogP contribution < -0.4 is 10.1 Å². The lowest BCUT2D eigenvalue weighted by Crippen LogP contribution is -2.07. The van der Waals surface area contributed by atoms with Crippen LogP contribution in [-0.2, 0) is 4.79 Å². The van der Waals surface area contributed by atoms with Crippen molar-refractivity contribution in [3.8, 4) is 5.75 Å². The van der Waals surface area contributed by atoms with E-state index in [0.717, 1.165) is 22.6 Å². The molecule has 108 valence electrons. The summed E-state index contributed by atoms with van der Waals surface area (Å²) in [4.78, 5) is 11.8. The molecule has 2 rings (SSSR count). The van der Waals surface area contributed by atoms with Crippen molar-refractivity contribution < 1.29 is 9.53 Å². The van der Waals surface area contributed by atoms with Crippen LogP contribution in [-0.4, -0.2) is 12.5 Å². The summed E-state index contributed by atoms with van der Waals surface area (Å²) >= 11 is 0. The van der Waals surface area contributed by atoms with Crippen LogP contribution in [0, 0.1) is 6.92 Å². The van der Waals surface area contributed by atoms with Crippen molar-refractivity contribution in [1.29, 1.82) is 0 Å². The second kappa shape index (κ2) is 7.29. The van der Waals surface area contributed by atoms with Crippen LogP contribution in [0.5, 0.6) is 5.75 Å². The van der Waals surface area contributed by atoms with E-state index in [1.165, 1.54) is 6.08 Å². The number of amides is 1. The van der Waals surface area contributed by atoms with Crippen molar-refractivity contribution >= 4 is 17.7 Å². The molecule has 0 spiro atoms. The third kappa shape index (κ3) is 4.80. The average molecular weight is 281 g/mol. The van der Waals surface area contributed by atoms with E-state index in [1.54, 1.807) is 6.08 Å². The molecule has 0 saturated heterocycles. The molecule has 0 saturated carbocycles. The number of nitrogens with one attached hydrogen (secondary N) is 1. The van der Waals surface area contributed by atoms with Gasteiger partial charge in [0.05, 0.1) is 6.61 Å². The summed E-state index contributed by atoms with van der Waals surface area (Å²) in [5, 5.41) is 2.83. The van der Waals surface area contributed by atoms with E-state index in [2.05, 4.69) is 5.32 Å². The van der Waals surface area contributed by atoms with Gasteiger partial charge in [-0.2, -0.15) is 0 Å². The molecule has 0 bridgehead atoms. The molecule has 0 unspecified atom stereocenters. The number of aryl methyl sites for hydroxylation is 1. The average Bonchev–Trinajstić information content (AvgIpc) is 2.47. The minimum Gasteiger partial charge on any atom is -0.494 e. The van der Waals surface area contributed by atoms with Gasteiger partial charge in [-0.05, 0) is 55.3 Å². The SMILES string of the molecule is CCOc1ccc(/C=C/C(=O)Nc2cccc(C)c2)cc1. The highest BCUT2D eigenvalue weighted by Gasteiger charge is 1.98. The monoisotopic (exact) mass is 281 g/mol. The highest BCUT2D eigenvalue weighted by Crippen LogP contribution is 2.13. The second-order valence-corrected chi connectivity index (χ2v) is 4.69. The second-order valence-electron chi connectivity index (χ2n) is 4.69. The van der Waals surface area contributed by atoms with Gasteiger partial charge in [-0.1, -0.05) is 24.3 Å². The van der Waals surface area contributed by atoms with Crippen LogP contribution in [0.3, 0.4) is 0 Å². The van der Waals surface area contributed by atoms with Gasteiger partial charge in [0.1, 0.15) is 5.75 Å². The molecule has 0 aliphatic carbocycles. The van der Waals surface area contributed by atoms with Gasteiger partial charge >= 0.3 is 0 Å². The fourth-order valence-electron chi connectivity index (χ4n) is 1.92. The molecule has 3 nitrogen and oxygen atoms in total. The molecule has 0 radical (unpaired) electrons. The van der Waals surface area contributed by atoms with Crippen molar-refractivity contribution in [2.45, 2.75) is 13.8 Å². The fourth-order valence-corrected chi connectivity index (χ4v) is 1.92. The summed E-state index contributed by atoms with van der Waals surface area (Å²) in [5.74, 6) is 0.688. The zero-order valence-electron chi connectivity index (χ0n) is 12.3. The lowest BCUT2D eigenvalue weighted by Gasteiger charge is -2.03. The topological polar surface area (TPSA) is 38.3 Å². The first-order chi connectivity index (χ1) is 10.2. The van der Waals surface area contributed by atoms with Crippen molar-refractivity contribution in [2.75, 3.05) is 11.9 Å². The van der Waals surface area contributed by atoms with Crippen molar-refractivity contribution in [3.05, 3.63) is 65.7 Å². The number of carbonyl (C=O) groups excluding carboxylic acids is 1. The largest absolute Gasteiger partial charge is 0.494 e. The minimum absolute atomic E-state index is 0.144. The van der Waals surface area contributed by atoms with E-state index in [9.17, 15) is 4.79 Å². The molecule has 0 aromatic heterocycles. The van der Waals surface area contributed by atoms with E-state index in [1.807, 2.05) is 62.4 Å². The number of carbonyl (C=O) groups is 1. The van der Waals surface area contributed by atoms with Crippen LogP contribution in [0.2, 0.25) is 0 Å². The number of anilines is 1. The van der Waals surface area contributed by atoms with Crippen LogP contribution in [0.1, 0.15) is 18.1 Å². The first kappa shape index (κ1) is 14.9. The molecule has 1 amide bonds. The van der Waals surface area contributed by atoms with E-state index in [-0.39, 0.29) is 5.91 Å². The molecule has 2 aromatic carbocycles. The Bertz CT molecular complexity index is 630. The van der Waals surface area contributed by atoms with Gasteiger partial charge in [-0.3, -0.25) is 4.79 Å². The van der Waals surface area contributed by atoms with Crippen LogP contribution in [0.4, 0.5) is 5.69 Å². The number of ether oxygens (including phenoxy) is 1. The quantitative estimate of drug-likeness (QED) is 0.840. The van der Waals surface area contributed by atoms with Gasteiger partial charge < -0.3 is 10.1 Å². The maximum Gasteiger partial charge on any atom is 0.248 e. The Hall–Kier alpha value is -2.55. The fraction of sp³-hybridized carbons (Fsp3) is 0.167. The summed E-state index contributed by atoms with van der Waals surface area (Å²) in [5.41, 5.74) is 2.87. The highest BCUT2D eigenvalue weighted by atomic mass is 16.5. The van der Waals surface area contributed by atoms with Crippen LogP contribution in [0.25, 0.3) is 6.08 Å². The Kier molecular flexibility index (Phi) is 5.16. The predicted octanol–water partition coefficient (Wildman–Crippen LogP) is 4.05. The summed E-state index contributed by atoms with van der Waals surface area (Å²) in [6.07, 6.45) is 3.30. The molecular formula is C18H19NO2. The zero-order valence-corrected chi connectivity index (χ0v) is 12.3. The number of benzene rings is 2. The van der Waals surface area contributed by atoms with Gasteiger partial charge in [0, 0.05) is 11.8 Å². The Balaban J connectivity index is 1.95. The summed E-state index contributed by atoms with van der Waals surface area (Å²) in [6, 6.07) is 15.3. The normalized spacial score (nSPS) is 10.6. The smallest absolute Gasteiger partial charge is 0.248 e. The Morgan fingerprint density at radius 3 is 2.62 bits per heavy atom. The first-order valence-corrected chi connectivity index (χ1v) is 6.96. The van der Waals surface area contributed by atoms with E-state index in [0.29, 0.717) is 6.61 Å². The highest BCUT2D eigenvalue weighted by molar-refractivity contribution is 6.01. The molecule has 0 fully saturated rings. The molecular weight excluding hydrogens is 262 g/mol. The summed E-state index contributed by atoms with van der Waals surface area (Å²) in [7, 11) is 0. The molecule has 0 aliphatic heterocycles.